The first-order valence-corrected chi connectivity index (χ1v) is 6.38. The quantitative estimate of drug-likeness (QED) is 0.849. The van der Waals surface area contributed by atoms with E-state index in [1.807, 2.05) is 0 Å². The number of aromatic nitrogens is 2. The molecule has 0 aliphatic carbocycles. The highest BCUT2D eigenvalue weighted by Crippen LogP contribution is 2.27. The fourth-order valence-corrected chi connectivity index (χ4v) is 2.54. The van der Waals surface area contributed by atoms with Gasteiger partial charge in [0, 0.05) is 0 Å². The summed E-state index contributed by atoms with van der Waals surface area (Å²) in [4.78, 5) is 0. The lowest BCUT2D eigenvalue weighted by Gasteiger charge is -2.03. The third kappa shape index (κ3) is 2.29. The maximum Gasteiger partial charge on any atom is 0.141 e. The van der Waals surface area contributed by atoms with Crippen molar-refractivity contribution in [3.8, 4) is 5.69 Å². The van der Waals surface area contributed by atoms with Gasteiger partial charge >= 0.3 is 0 Å². The first kappa shape index (κ1) is 12.3. The molecule has 17 heavy (non-hydrogen) atoms. The molecule has 0 bridgehead atoms. The van der Waals surface area contributed by atoms with E-state index < -0.39 is 0 Å². The summed E-state index contributed by atoms with van der Waals surface area (Å²) in [6.45, 7) is 4.14. The molecular formula is C12H13FIN3. The van der Waals surface area contributed by atoms with Gasteiger partial charge in [-0.05, 0) is 52.8 Å². The molecule has 0 saturated heterocycles. The zero-order valence-corrected chi connectivity index (χ0v) is 11.8. The Morgan fingerprint density at radius 1 is 1.29 bits per heavy atom. The van der Waals surface area contributed by atoms with Crippen LogP contribution in [-0.4, -0.2) is 9.78 Å². The van der Waals surface area contributed by atoms with Crippen molar-refractivity contribution in [1.29, 1.82) is 0 Å². The van der Waals surface area contributed by atoms with Gasteiger partial charge in [-0.2, -0.15) is 5.10 Å². The van der Waals surface area contributed by atoms with Crippen LogP contribution in [0.2, 0.25) is 0 Å². The van der Waals surface area contributed by atoms with Crippen LogP contribution in [0, 0.1) is 9.39 Å². The van der Waals surface area contributed by atoms with Crippen molar-refractivity contribution in [2.75, 3.05) is 5.73 Å². The van der Waals surface area contributed by atoms with E-state index in [0.29, 0.717) is 11.7 Å². The Morgan fingerprint density at radius 3 is 2.35 bits per heavy atom. The number of benzene rings is 1. The van der Waals surface area contributed by atoms with Crippen LogP contribution in [0.15, 0.2) is 24.3 Å². The minimum absolute atomic E-state index is 0.266. The van der Waals surface area contributed by atoms with E-state index in [1.165, 1.54) is 12.1 Å². The summed E-state index contributed by atoms with van der Waals surface area (Å²) in [5.41, 5.74) is 7.75. The molecule has 0 saturated carbocycles. The summed E-state index contributed by atoms with van der Waals surface area (Å²) in [6.07, 6.45) is 0. The minimum Gasteiger partial charge on any atom is -0.383 e. The zero-order chi connectivity index (χ0) is 12.6. The molecule has 5 heteroatoms. The first-order chi connectivity index (χ1) is 8.00. The highest BCUT2D eigenvalue weighted by Gasteiger charge is 2.16. The standard InChI is InChI=1S/C12H13FIN3/c1-7(2)11-10(14)12(15)17(16-11)9-5-3-8(13)4-6-9/h3-7H,15H2,1-2H3. The van der Waals surface area contributed by atoms with Crippen molar-refractivity contribution in [2.24, 2.45) is 0 Å². The number of hydrogen-bond donors (Lipinski definition) is 1. The molecule has 90 valence electrons. The molecule has 0 fully saturated rings. The number of nitrogens with zero attached hydrogens (tertiary/aromatic N) is 2. The molecule has 0 aliphatic rings. The maximum atomic E-state index is 12.9. The van der Waals surface area contributed by atoms with Gasteiger partial charge in [-0.1, -0.05) is 13.8 Å². The molecule has 0 radical (unpaired) electrons. The molecular weight excluding hydrogens is 332 g/mol. The normalized spacial score (nSPS) is 11.1. The largest absolute Gasteiger partial charge is 0.383 e. The smallest absolute Gasteiger partial charge is 0.141 e. The molecule has 0 spiro atoms. The second-order valence-electron chi connectivity index (χ2n) is 4.13. The lowest BCUT2D eigenvalue weighted by atomic mass is 10.1. The summed E-state index contributed by atoms with van der Waals surface area (Å²) in [5.74, 6) is 0.644. The van der Waals surface area contributed by atoms with E-state index in [2.05, 4.69) is 41.5 Å². The van der Waals surface area contributed by atoms with Crippen molar-refractivity contribution in [3.05, 3.63) is 39.3 Å². The fourth-order valence-electron chi connectivity index (χ4n) is 1.58. The second-order valence-corrected chi connectivity index (χ2v) is 5.21. The third-order valence-corrected chi connectivity index (χ3v) is 3.61. The Bertz CT molecular complexity index is 531. The summed E-state index contributed by atoms with van der Waals surface area (Å²) in [5, 5.41) is 4.47. The van der Waals surface area contributed by atoms with Crippen LogP contribution in [0.1, 0.15) is 25.5 Å². The summed E-state index contributed by atoms with van der Waals surface area (Å²) < 4.78 is 15.5. The SMILES string of the molecule is CC(C)c1nn(-c2ccc(F)cc2)c(N)c1I. The molecule has 2 rings (SSSR count). The molecule has 0 amide bonds. The number of halogens is 2. The lowest BCUT2D eigenvalue weighted by molar-refractivity contribution is 0.627. The highest BCUT2D eigenvalue weighted by molar-refractivity contribution is 14.1. The van der Waals surface area contributed by atoms with Crippen LogP contribution in [0.25, 0.3) is 5.69 Å². The van der Waals surface area contributed by atoms with E-state index in [4.69, 9.17) is 5.73 Å². The van der Waals surface area contributed by atoms with E-state index in [0.717, 1.165) is 15.0 Å². The van der Waals surface area contributed by atoms with Gasteiger partial charge in [-0.15, -0.1) is 0 Å². The van der Waals surface area contributed by atoms with E-state index in [-0.39, 0.29) is 5.82 Å². The Labute approximate surface area is 113 Å². The minimum atomic E-state index is -0.266. The molecule has 0 aliphatic heterocycles. The van der Waals surface area contributed by atoms with Crippen molar-refractivity contribution >= 4 is 28.4 Å². The summed E-state index contributed by atoms with van der Waals surface area (Å²) >= 11 is 2.19. The van der Waals surface area contributed by atoms with Crippen LogP contribution < -0.4 is 5.73 Å². The number of nitrogen functional groups attached to an aromatic ring is 1. The molecule has 0 unspecified atom stereocenters. The average Bonchev–Trinajstić information content (AvgIpc) is 2.58. The van der Waals surface area contributed by atoms with Gasteiger partial charge in [0.2, 0.25) is 0 Å². The number of hydrogen-bond acceptors (Lipinski definition) is 2. The van der Waals surface area contributed by atoms with Crippen LogP contribution >= 0.6 is 22.6 Å². The molecule has 2 N–H and O–H groups in total. The van der Waals surface area contributed by atoms with Crippen molar-refractivity contribution in [1.82, 2.24) is 9.78 Å². The predicted octanol–water partition coefficient (Wildman–Crippen LogP) is 3.32. The molecule has 0 atom stereocenters. The number of nitrogens with two attached hydrogens (primary N) is 1. The van der Waals surface area contributed by atoms with Gasteiger partial charge < -0.3 is 5.73 Å². The van der Waals surface area contributed by atoms with Gasteiger partial charge in [-0.3, -0.25) is 0 Å². The summed E-state index contributed by atoms with van der Waals surface area (Å²) in [6, 6.07) is 6.13. The van der Waals surface area contributed by atoms with E-state index in [1.54, 1.807) is 16.8 Å². The fraction of sp³-hybridized carbons (Fsp3) is 0.250. The Kier molecular flexibility index (Phi) is 3.37. The van der Waals surface area contributed by atoms with Crippen LogP contribution in [0.4, 0.5) is 10.2 Å². The molecule has 1 aromatic heterocycles. The Morgan fingerprint density at radius 2 is 1.88 bits per heavy atom. The lowest BCUT2D eigenvalue weighted by Crippen LogP contribution is -2.02. The maximum absolute atomic E-state index is 12.9. The second kappa shape index (κ2) is 4.64. The summed E-state index contributed by atoms with van der Waals surface area (Å²) in [7, 11) is 0. The van der Waals surface area contributed by atoms with Crippen LogP contribution in [0.3, 0.4) is 0 Å². The molecule has 1 aromatic carbocycles. The van der Waals surface area contributed by atoms with Gasteiger partial charge in [0.1, 0.15) is 11.6 Å². The predicted molar refractivity (Wildman–Crippen MR) is 74.7 cm³/mol. The Balaban J connectivity index is 2.53. The van der Waals surface area contributed by atoms with Crippen LogP contribution in [-0.2, 0) is 0 Å². The number of anilines is 1. The molecule has 3 nitrogen and oxygen atoms in total. The van der Waals surface area contributed by atoms with E-state index >= 15 is 0 Å². The Hall–Kier alpha value is -1.11. The van der Waals surface area contributed by atoms with Crippen LogP contribution in [0.5, 0.6) is 0 Å². The van der Waals surface area contributed by atoms with Gasteiger partial charge in [0.05, 0.1) is 15.0 Å². The average molecular weight is 345 g/mol. The molecule has 1 heterocycles. The van der Waals surface area contributed by atoms with Crippen molar-refractivity contribution in [2.45, 2.75) is 19.8 Å². The first-order valence-electron chi connectivity index (χ1n) is 5.30. The van der Waals surface area contributed by atoms with Gasteiger partial charge in [0.15, 0.2) is 0 Å². The van der Waals surface area contributed by atoms with Gasteiger partial charge in [-0.25, -0.2) is 9.07 Å². The van der Waals surface area contributed by atoms with Gasteiger partial charge in [0.25, 0.3) is 0 Å². The van der Waals surface area contributed by atoms with Crippen molar-refractivity contribution < 1.29 is 4.39 Å². The third-order valence-electron chi connectivity index (χ3n) is 2.50. The highest BCUT2D eigenvalue weighted by atomic mass is 127. The van der Waals surface area contributed by atoms with Crippen molar-refractivity contribution in [3.63, 3.8) is 0 Å². The monoisotopic (exact) mass is 345 g/mol. The van der Waals surface area contributed by atoms with E-state index in [9.17, 15) is 4.39 Å². The zero-order valence-electron chi connectivity index (χ0n) is 9.61. The molecule has 2 aromatic rings. The topological polar surface area (TPSA) is 43.8 Å². The number of rotatable bonds is 2.